The first-order chi connectivity index (χ1) is 15.3. The fourth-order valence-corrected chi connectivity index (χ4v) is 4.07. The second-order valence-electron chi connectivity index (χ2n) is 7.57. The van der Waals surface area contributed by atoms with Gasteiger partial charge in [-0.2, -0.15) is 5.10 Å². The van der Waals surface area contributed by atoms with Gasteiger partial charge < -0.3 is 4.98 Å². The summed E-state index contributed by atoms with van der Waals surface area (Å²) < 4.78 is 0. The number of H-pyrrole nitrogens is 2. The van der Waals surface area contributed by atoms with Crippen molar-refractivity contribution in [2.75, 3.05) is 0 Å². The van der Waals surface area contributed by atoms with E-state index < -0.39 is 0 Å². The van der Waals surface area contributed by atoms with Crippen LogP contribution in [0.25, 0.3) is 55.6 Å². The molecule has 0 amide bonds. The number of aromatic amines is 2. The summed E-state index contributed by atoms with van der Waals surface area (Å²) >= 11 is 0. The first-order valence-corrected chi connectivity index (χ1v) is 10.1. The van der Waals surface area contributed by atoms with Gasteiger partial charge in [-0.15, -0.1) is 0 Å². The lowest BCUT2D eigenvalue weighted by atomic mass is 10.0. The number of hydrogen-bond acceptors (Lipinski definition) is 4. The van der Waals surface area contributed by atoms with Crippen LogP contribution in [-0.4, -0.2) is 30.1 Å². The molecular formula is C25H18N6. The molecule has 0 bridgehead atoms. The van der Waals surface area contributed by atoms with Crippen LogP contribution in [0.3, 0.4) is 0 Å². The quantitative estimate of drug-likeness (QED) is 0.407. The molecule has 0 saturated carbocycles. The van der Waals surface area contributed by atoms with Crippen molar-refractivity contribution < 1.29 is 0 Å². The van der Waals surface area contributed by atoms with Gasteiger partial charge in [0, 0.05) is 40.5 Å². The number of benzene rings is 1. The Morgan fingerprint density at radius 1 is 0.774 bits per heavy atom. The molecule has 148 valence electrons. The first-order valence-electron chi connectivity index (χ1n) is 10.1. The molecule has 0 aliphatic rings. The van der Waals surface area contributed by atoms with Gasteiger partial charge in [0.05, 0.1) is 34.8 Å². The third-order valence-corrected chi connectivity index (χ3v) is 5.66. The maximum Gasteiger partial charge on any atom is 0.116 e. The number of pyridine rings is 3. The number of nitrogens with zero attached hydrogens (tertiary/aromatic N) is 4. The van der Waals surface area contributed by atoms with Gasteiger partial charge in [0.25, 0.3) is 0 Å². The van der Waals surface area contributed by atoms with Gasteiger partial charge in [-0.25, -0.2) is 0 Å². The van der Waals surface area contributed by atoms with E-state index in [0.29, 0.717) is 0 Å². The van der Waals surface area contributed by atoms with E-state index in [0.717, 1.165) is 55.6 Å². The number of hydrogen-bond donors (Lipinski definition) is 2. The topological polar surface area (TPSA) is 83.1 Å². The van der Waals surface area contributed by atoms with Gasteiger partial charge >= 0.3 is 0 Å². The average molecular weight is 402 g/mol. The Hall–Kier alpha value is -4.32. The highest BCUT2D eigenvalue weighted by molar-refractivity contribution is 6.01. The van der Waals surface area contributed by atoms with E-state index >= 15 is 0 Å². The van der Waals surface area contributed by atoms with Crippen molar-refractivity contribution in [3.63, 3.8) is 0 Å². The fraction of sp³-hybridized carbons (Fsp3) is 0.0400. The summed E-state index contributed by atoms with van der Waals surface area (Å²) in [4.78, 5) is 16.7. The van der Waals surface area contributed by atoms with Crippen LogP contribution >= 0.6 is 0 Å². The van der Waals surface area contributed by atoms with Crippen LogP contribution in [0.1, 0.15) is 5.56 Å². The SMILES string of the molecule is Cc1ccccc1-c1cc2c(-c3cc4c(-c5ccncc5)cncc4[nH]3)n[nH]c2cn1. The van der Waals surface area contributed by atoms with Crippen LogP contribution in [-0.2, 0) is 0 Å². The summed E-state index contributed by atoms with van der Waals surface area (Å²) in [7, 11) is 0. The highest BCUT2D eigenvalue weighted by Crippen LogP contribution is 2.34. The number of rotatable bonds is 3. The van der Waals surface area contributed by atoms with Crippen LogP contribution in [0.2, 0.25) is 0 Å². The molecule has 6 nitrogen and oxygen atoms in total. The molecule has 5 heterocycles. The molecule has 6 aromatic rings. The van der Waals surface area contributed by atoms with Crippen molar-refractivity contribution in [1.29, 1.82) is 0 Å². The predicted molar refractivity (Wildman–Crippen MR) is 122 cm³/mol. The summed E-state index contributed by atoms with van der Waals surface area (Å²) in [6.07, 6.45) is 9.17. The summed E-state index contributed by atoms with van der Waals surface area (Å²) in [5, 5.41) is 9.83. The Morgan fingerprint density at radius 3 is 2.52 bits per heavy atom. The summed E-state index contributed by atoms with van der Waals surface area (Å²) in [5.41, 5.74) is 9.06. The minimum Gasteiger partial charge on any atom is -0.352 e. The van der Waals surface area contributed by atoms with Crippen molar-refractivity contribution >= 4 is 21.8 Å². The average Bonchev–Trinajstić information content (AvgIpc) is 3.43. The summed E-state index contributed by atoms with van der Waals surface area (Å²) in [6.45, 7) is 2.10. The lowest BCUT2D eigenvalue weighted by Crippen LogP contribution is -1.87. The van der Waals surface area contributed by atoms with E-state index in [9.17, 15) is 0 Å². The Labute approximate surface area is 178 Å². The molecule has 2 N–H and O–H groups in total. The zero-order valence-corrected chi connectivity index (χ0v) is 16.8. The van der Waals surface area contributed by atoms with Crippen molar-refractivity contribution in [2.24, 2.45) is 0 Å². The maximum absolute atomic E-state index is 4.64. The van der Waals surface area contributed by atoms with E-state index in [-0.39, 0.29) is 0 Å². The second kappa shape index (κ2) is 6.88. The predicted octanol–water partition coefficient (Wildman–Crippen LogP) is 5.54. The Morgan fingerprint density at radius 2 is 1.65 bits per heavy atom. The van der Waals surface area contributed by atoms with E-state index in [2.05, 4.69) is 61.3 Å². The van der Waals surface area contributed by atoms with Gasteiger partial charge in [0.1, 0.15) is 5.69 Å². The molecule has 0 unspecified atom stereocenters. The van der Waals surface area contributed by atoms with Gasteiger partial charge in [-0.1, -0.05) is 24.3 Å². The highest BCUT2D eigenvalue weighted by atomic mass is 15.1. The van der Waals surface area contributed by atoms with E-state index in [1.54, 1.807) is 12.4 Å². The fourth-order valence-electron chi connectivity index (χ4n) is 4.07. The number of nitrogens with one attached hydrogen (secondary N) is 2. The molecule has 0 spiro atoms. The van der Waals surface area contributed by atoms with E-state index in [1.165, 1.54) is 5.56 Å². The molecule has 6 rings (SSSR count). The zero-order valence-electron chi connectivity index (χ0n) is 16.8. The van der Waals surface area contributed by atoms with Gasteiger partial charge in [0.15, 0.2) is 0 Å². The summed E-state index contributed by atoms with van der Waals surface area (Å²) in [5.74, 6) is 0. The van der Waals surface area contributed by atoms with Crippen LogP contribution in [0.15, 0.2) is 79.5 Å². The zero-order chi connectivity index (χ0) is 20.8. The minimum absolute atomic E-state index is 0.865. The van der Waals surface area contributed by atoms with Crippen LogP contribution in [0.5, 0.6) is 0 Å². The maximum atomic E-state index is 4.64. The molecule has 0 fully saturated rings. The number of fused-ring (bicyclic) bond motifs is 2. The third-order valence-electron chi connectivity index (χ3n) is 5.66. The number of aromatic nitrogens is 6. The molecule has 6 heteroatoms. The molecule has 0 atom stereocenters. The highest BCUT2D eigenvalue weighted by Gasteiger charge is 2.15. The van der Waals surface area contributed by atoms with E-state index in [4.69, 9.17) is 0 Å². The second-order valence-corrected chi connectivity index (χ2v) is 7.57. The molecule has 0 aliphatic carbocycles. The van der Waals surface area contributed by atoms with E-state index in [1.807, 2.05) is 42.9 Å². The lowest BCUT2D eigenvalue weighted by molar-refractivity contribution is 1.11. The van der Waals surface area contributed by atoms with Gasteiger partial charge in [-0.3, -0.25) is 20.1 Å². The minimum atomic E-state index is 0.865. The summed E-state index contributed by atoms with van der Waals surface area (Å²) in [6, 6.07) is 16.5. The van der Waals surface area contributed by atoms with Crippen LogP contribution < -0.4 is 0 Å². The van der Waals surface area contributed by atoms with Crippen molar-refractivity contribution in [2.45, 2.75) is 6.92 Å². The Kier molecular flexibility index (Phi) is 3.89. The molecule has 5 aromatic heterocycles. The molecule has 0 aliphatic heterocycles. The van der Waals surface area contributed by atoms with Gasteiger partial charge in [-0.05, 0) is 42.3 Å². The molecule has 31 heavy (non-hydrogen) atoms. The largest absolute Gasteiger partial charge is 0.352 e. The molecular weight excluding hydrogens is 384 g/mol. The van der Waals surface area contributed by atoms with Crippen molar-refractivity contribution in [3.05, 3.63) is 85.1 Å². The van der Waals surface area contributed by atoms with Crippen LogP contribution in [0, 0.1) is 6.92 Å². The van der Waals surface area contributed by atoms with Gasteiger partial charge in [0.2, 0.25) is 0 Å². The Bertz CT molecular complexity index is 1550. The molecule has 0 radical (unpaired) electrons. The lowest BCUT2D eigenvalue weighted by Gasteiger charge is -2.05. The molecule has 0 saturated heterocycles. The smallest absolute Gasteiger partial charge is 0.116 e. The van der Waals surface area contributed by atoms with Crippen molar-refractivity contribution in [3.8, 4) is 33.8 Å². The van der Waals surface area contributed by atoms with Crippen molar-refractivity contribution in [1.82, 2.24) is 30.1 Å². The van der Waals surface area contributed by atoms with Crippen LogP contribution in [0.4, 0.5) is 0 Å². The first kappa shape index (κ1) is 17.5. The number of aryl methyl sites for hydroxylation is 1. The standard InChI is InChI=1S/C25H18N6/c1-15-4-2-3-5-17(15)21-11-19-24(14-28-21)30-31-25(19)22-10-18-20(12-27-13-23(18)29-22)16-6-8-26-9-7-16/h2-14,29H,1H3,(H,30,31). The third kappa shape index (κ3) is 2.88. The Balaban J connectivity index is 1.52. The monoisotopic (exact) mass is 402 g/mol. The normalized spacial score (nSPS) is 11.4. The molecule has 1 aromatic carbocycles.